The van der Waals surface area contributed by atoms with E-state index in [1.54, 1.807) is 54.2 Å². The number of nitrogens with one attached hydrogen (secondary N) is 2. The first-order valence-corrected chi connectivity index (χ1v) is 9.62. The summed E-state index contributed by atoms with van der Waals surface area (Å²) in [6, 6.07) is 14.4. The fourth-order valence-corrected chi connectivity index (χ4v) is 2.83. The molecule has 0 atom stereocenters. The summed E-state index contributed by atoms with van der Waals surface area (Å²) in [4.78, 5) is 24.9. The molecule has 3 rings (SSSR count). The fraction of sp³-hybridized carbons (Fsp3) is 0.261. The van der Waals surface area contributed by atoms with Gasteiger partial charge in [0.25, 0.3) is 11.8 Å². The Balaban J connectivity index is 1.61. The molecule has 1 heterocycles. The minimum absolute atomic E-state index is 0.154. The Morgan fingerprint density at radius 1 is 1.00 bits per heavy atom. The van der Waals surface area contributed by atoms with Gasteiger partial charge in [-0.05, 0) is 48.0 Å². The Labute approximate surface area is 175 Å². The van der Waals surface area contributed by atoms with Gasteiger partial charge in [0, 0.05) is 30.3 Å². The second-order valence-corrected chi connectivity index (χ2v) is 8.13. The summed E-state index contributed by atoms with van der Waals surface area (Å²) in [7, 11) is 1.73. The van der Waals surface area contributed by atoms with Crippen LogP contribution in [0.5, 0.6) is 0 Å². The number of aryl methyl sites for hydroxylation is 1. The second kappa shape index (κ2) is 8.49. The SMILES string of the molecule is Cn1nc(C(C)(C)C)cc1C(=O)Nc1ccc(C(=O)NCc2ccc(F)cc2)cc1. The lowest BCUT2D eigenvalue weighted by molar-refractivity contribution is 0.0950. The smallest absolute Gasteiger partial charge is 0.273 e. The molecule has 3 aromatic rings. The van der Waals surface area contributed by atoms with E-state index < -0.39 is 0 Å². The van der Waals surface area contributed by atoms with E-state index in [2.05, 4.69) is 15.7 Å². The quantitative estimate of drug-likeness (QED) is 0.669. The largest absolute Gasteiger partial charge is 0.348 e. The van der Waals surface area contributed by atoms with E-state index in [-0.39, 0.29) is 23.0 Å². The molecule has 1 aromatic heterocycles. The third-order valence-corrected chi connectivity index (χ3v) is 4.65. The number of hydrogen-bond donors (Lipinski definition) is 2. The van der Waals surface area contributed by atoms with Gasteiger partial charge in [0.15, 0.2) is 0 Å². The van der Waals surface area contributed by atoms with Crippen LogP contribution in [0.4, 0.5) is 10.1 Å². The van der Waals surface area contributed by atoms with Crippen LogP contribution in [-0.4, -0.2) is 21.6 Å². The maximum Gasteiger partial charge on any atom is 0.273 e. The van der Waals surface area contributed by atoms with Crippen LogP contribution in [0, 0.1) is 5.82 Å². The first-order chi connectivity index (χ1) is 14.1. The van der Waals surface area contributed by atoms with Crippen LogP contribution in [0.3, 0.4) is 0 Å². The molecule has 7 heteroatoms. The summed E-state index contributed by atoms with van der Waals surface area (Å²) in [5, 5.41) is 10.0. The normalized spacial score (nSPS) is 11.2. The number of carbonyl (C=O) groups is 2. The highest BCUT2D eigenvalue weighted by atomic mass is 19.1. The lowest BCUT2D eigenvalue weighted by Gasteiger charge is -2.13. The average Bonchev–Trinajstić information content (AvgIpc) is 3.10. The monoisotopic (exact) mass is 408 g/mol. The number of carbonyl (C=O) groups excluding carboxylic acids is 2. The number of anilines is 1. The molecule has 0 spiro atoms. The fourth-order valence-electron chi connectivity index (χ4n) is 2.83. The summed E-state index contributed by atoms with van der Waals surface area (Å²) in [6.45, 7) is 6.42. The molecular formula is C23H25FN4O2. The standard InChI is InChI=1S/C23H25FN4O2/c1-23(2,3)20-13-19(28(4)27-20)22(30)26-18-11-7-16(8-12-18)21(29)25-14-15-5-9-17(24)10-6-15/h5-13H,14H2,1-4H3,(H,25,29)(H,26,30). The van der Waals surface area contributed by atoms with Crippen molar-refractivity contribution in [2.24, 2.45) is 7.05 Å². The molecule has 0 fully saturated rings. The molecule has 30 heavy (non-hydrogen) atoms. The van der Waals surface area contributed by atoms with E-state index >= 15 is 0 Å². The van der Waals surface area contributed by atoms with Gasteiger partial charge in [-0.3, -0.25) is 14.3 Å². The summed E-state index contributed by atoms with van der Waals surface area (Å²) >= 11 is 0. The molecule has 0 unspecified atom stereocenters. The van der Waals surface area contributed by atoms with E-state index in [4.69, 9.17) is 0 Å². The second-order valence-electron chi connectivity index (χ2n) is 8.13. The number of rotatable bonds is 5. The lowest BCUT2D eigenvalue weighted by Crippen LogP contribution is -2.22. The minimum atomic E-state index is -0.316. The van der Waals surface area contributed by atoms with Gasteiger partial charge in [0.1, 0.15) is 11.5 Å². The molecule has 0 aliphatic carbocycles. The zero-order valence-electron chi connectivity index (χ0n) is 17.5. The van der Waals surface area contributed by atoms with Crippen LogP contribution in [-0.2, 0) is 19.0 Å². The molecule has 0 bridgehead atoms. The Kier molecular flexibility index (Phi) is 6.01. The zero-order valence-corrected chi connectivity index (χ0v) is 17.5. The van der Waals surface area contributed by atoms with E-state index in [1.165, 1.54) is 12.1 Å². The Morgan fingerprint density at radius 3 is 2.20 bits per heavy atom. The number of nitrogens with zero attached hydrogens (tertiary/aromatic N) is 2. The molecular weight excluding hydrogens is 383 g/mol. The molecule has 0 saturated heterocycles. The van der Waals surface area contributed by atoms with Gasteiger partial charge in [-0.1, -0.05) is 32.9 Å². The van der Waals surface area contributed by atoms with Crippen molar-refractivity contribution < 1.29 is 14.0 Å². The van der Waals surface area contributed by atoms with Crippen molar-refractivity contribution in [3.8, 4) is 0 Å². The number of hydrogen-bond acceptors (Lipinski definition) is 3. The zero-order chi connectivity index (χ0) is 21.9. The summed E-state index contributed by atoms with van der Waals surface area (Å²) in [5.41, 5.74) is 2.99. The highest BCUT2D eigenvalue weighted by Gasteiger charge is 2.21. The van der Waals surface area contributed by atoms with Gasteiger partial charge in [-0.2, -0.15) is 5.10 Å². The topological polar surface area (TPSA) is 76.0 Å². The van der Waals surface area contributed by atoms with Crippen molar-refractivity contribution in [1.29, 1.82) is 0 Å². The summed E-state index contributed by atoms with van der Waals surface area (Å²) in [5.74, 6) is -0.837. The van der Waals surface area contributed by atoms with Gasteiger partial charge in [-0.15, -0.1) is 0 Å². The minimum Gasteiger partial charge on any atom is -0.348 e. The molecule has 0 aliphatic rings. The van der Waals surface area contributed by atoms with Crippen LogP contribution < -0.4 is 10.6 Å². The predicted octanol–water partition coefficient (Wildman–Crippen LogP) is 4.04. The Hall–Kier alpha value is -3.48. The van der Waals surface area contributed by atoms with Crippen molar-refractivity contribution in [2.75, 3.05) is 5.32 Å². The number of aromatic nitrogens is 2. The molecule has 6 nitrogen and oxygen atoms in total. The number of halogens is 1. The van der Waals surface area contributed by atoms with Gasteiger partial charge in [0.2, 0.25) is 0 Å². The van der Waals surface area contributed by atoms with Gasteiger partial charge < -0.3 is 10.6 Å². The molecule has 0 aliphatic heterocycles. The molecule has 0 saturated carbocycles. The van der Waals surface area contributed by atoms with Crippen LogP contribution in [0.15, 0.2) is 54.6 Å². The first kappa shape index (κ1) is 21.2. The third-order valence-electron chi connectivity index (χ3n) is 4.65. The Morgan fingerprint density at radius 2 is 1.63 bits per heavy atom. The maximum absolute atomic E-state index is 12.9. The van der Waals surface area contributed by atoms with Gasteiger partial charge >= 0.3 is 0 Å². The molecule has 2 amide bonds. The highest BCUT2D eigenvalue weighted by molar-refractivity contribution is 6.03. The van der Waals surface area contributed by atoms with Crippen LogP contribution in [0.1, 0.15) is 52.9 Å². The summed E-state index contributed by atoms with van der Waals surface area (Å²) in [6.07, 6.45) is 0. The van der Waals surface area contributed by atoms with Crippen molar-refractivity contribution in [2.45, 2.75) is 32.7 Å². The van der Waals surface area contributed by atoms with Crippen LogP contribution in [0.2, 0.25) is 0 Å². The molecule has 0 radical (unpaired) electrons. The third kappa shape index (κ3) is 5.11. The van der Waals surface area contributed by atoms with E-state index in [0.717, 1.165) is 11.3 Å². The predicted molar refractivity (Wildman–Crippen MR) is 114 cm³/mol. The van der Waals surface area contributed by atoms with Crippen molar-refractivity contribution in [3.05, 3.63) is 82.9 Å². The molecule has 156 valence electrons. The van der Waals surface area contributed by atoms with Gasteiger partial charge in [0.05, 0.1) is 5.69 Å². The van der Waals surface area contributed by atoms with E-state index in [1.807, 2.05) is 20.8 Å². The van der Waals surface area contributed by atoms with Gasteiger partial charge in [-0.25, -0.2) is 4.39 Å². The molecule has 2 aromatic carbocycles. The maximum atomic E-state index is 12.9. The van der Waals surface area contributed by atoms with Crippen molar-refractivity contribution in [3.63, 3.8) is 0 Å². The van der Waals surface area contributed by atoms with Crippen molar-refractivity contribution >= 4 is 17.5 Å². The lowest BCUT2D eigenvalue weighted by atomic mass is 9.92. The average molecular weight is 408 g/mol. The van der Waals surface area contributed by atoms with Crippen LogP contribution in [0.25, 0.3) is 0 Å². The first-order valence-electron chi connectivity index (χ1n) is 9.62. The van der Waals surface area contributed by atoms with E-state index in [9.17, 15) is 14.0 Å². The highest BCUT2D eigenvalue weighted by Crippen LogP contribution is 2.22. The van der Waals surface area contributed by atoms with Crippen molar-refractivity contribution in [1.82, 2.24) is 15.1 Å². The number of amides is 2. The Bertz CT molecular complexity index is 1050. The molecule has 2 N–H and O–H groups in total. The summed E-state index contributed by atoms with van der Waals surface area (Å²) < 4.78 is 14.5. The van der Waals surface area contributed by atoms with Crippen LogP contribution >= 0.6 is 0 Å². The number of benzene rings is 2. The van der Waals surface area contributed by atoms with E-state index in [0.29, 0.717) is 23.5 Å².